The molecule has 0 saturated carbocycles. The number of benzene rings is 1. The quantitative estimate of drug-likeness (QED) is 0.764. The first kappa shape index (κ1) is 12.7. The highest BCUT2D eigenvalue weighted by atomic mass is 16.5. The Morgan fingerprint density at radius 2 is 2.00 bits per heavy atom. The standard InChI is InChI=1S/C16H21NO2/c1-11-10-19-16(2,3)17-14(11)13(15(17)18)9-12-7-5-4-6-8-12/h4-8,11,13-14H,9-10H2,1-3H3/t11?,13-,14?/m0/s1. The molecule has 2 aliphatic rings. The second-order valence-electron chi connectivity index (χ2n) is 6.23. The number of amides is 1. The van der Waals surface area contributed by atoms with Gasteiger partial charge in [-0.25, -0.2) is 0 Å². The zero-order valence-corrected chi connectivity index (χ0v) is 11.8. The third kappa shape index (κ3) is 1.96. The van der Waals surface area contributed by atoms with Gasteiger partial charge in [0.1, 0.15) is 5.72 Å². The molecule has 2 heterocycles. The van der Waals surface area contributed by atoms with Crippen LogP contribution in [0.4, 0.5) is 0 Å². The Bertz CT molecular complexity index is 483. The minimum Gasteiger partial charge on any atom is -0.356 e. The molecule has 2 fully saturated rings. The molecule has 3 atom stereocenters. The molecule has 102 valence electrons. The average molecular weight is 259 g/mol. The Morgan fingerprint density at radius 1 is 1.32 bits per heavy atom. The largest absolute Gasteiger partial charge is 0.356 e. The highest BCUT2D eigenvalue weighted by molar-refractivity contribution is 5.87. The second-order valence-corrected chi connectivity index (χ2v) is 6.23. The maximum Gasteiger partial charge on any atom is 0.230 e. The maximum absolute atomic E-state index is 12.4. The minimum atomic E-state index is -0.443. The molecule has 2 unspecified atom stereocenters. The van der Waals surface area contributed by atoms with Gasteiger partial charge >= 0.3 is 0 Å². The average Bonchev–Trinajstić information content (AvgIpc) is 2.39. The van der Waals surface area contributed by atoms with E-state index < -0.39 is 5.72 Å². The van der Waals surface area contributed by atoms with Gasteiger partial charge in [0.15, 0.2) is 0 Å². The maximum atomic E-state index is 12.4. The molecule has 0 bridgehead atoms. The summed E-state index contributed by atoms with van der Waals surface area (Å²) in [6.45, 7) is 6.90. The predicted octanol–water partition coefficient (Wildman–Crippen LogP) is 2.46. The molecule has 2 aliphatic heterocycles. The highest BCUT2D eigenvalue weighted by Gasteiger charge is 2.57. The van der Waals surface area contributed by atoms with Crippen LogP contribution in [0.3, 0.4) is 0 Å². The first-order valence-electron chi connectivity index (χ1n) is 7.02. The lowest BCUT2D eigenvalue weighted by Crippen LogP contribution is -2.74. The van der Waals surface area contributed by atoms with Gasteiger partial charge in [0.2, 0.25) is 5.91 Å². The van der Waals surface area contributed by atoms with E-state index in [2.05, 4.69) is 19.1 Å². The van der Waals surface area contributed by atoms with Gasteiger partial charge in [-0.2, -0.15) is 0 Å². The number of carbonyl (C=O) groups is 1. The fourth-order valence-electron chi connectivity index (χ4n) is 3.42. The van der Waals surface area contributed by atoms with E-state index >= 15 is 0 Å². The van der Waals surface area contributed by atoms with Crippen LogP contribution in [-0.2, 0) is 16.0 Å². The summed E-state index contributed by atoms with van der Waals surface area (Å²) in [7, 11) is 0. The number of rotatable bonds is 2. The van der Waals surface area contributed by atoms with Gasteiger partial charge in [-0.15, -0.1) is 0 Å². The first-order chi connectivity index (χ1) is 9.00. The fourth-order valence-corrected chi connectivity index (χ4v) is 3.42. The van der Waals surface area contributed by atoms with Crippen molar-refractivity contribution in [3.63, 3.8) is 0 Å². The Morgan fingerprint density at radius 3 is 2.68 bits per heavy atom. The van der Waals surface area contributed by atoms with Crippen molar-refractivity contribution in [2.75, 3.05) is 6.61 Å². The third-order valence-electron chi connectivity index (χ3n) is 4.43. The van der Waals surface area contributed by atoms with Gasteiger partial charge < -0.3 is 9.64 Å². The van der Waals surface area contributed by atoms with E-state index in [1.165, 1.54) is 5.56 Å². The molecular weight excluding hydrogens is 238 g/mol. The molecule has 0 aliphatic carbocycles. The predicted molar refractivity (Wildman–Crippen MR) is 73.5 cm³/mol. The van der Waals surface area contributed by atoms with Crippen molar-refractivity contribution in [1.82, 2.24) is 4.90 Å². The zero-order valence-electron chi connectivity index (χ0n) is 11.8. The van der Waals surface area contributed by atoms with Crippen LogP contribution in [0.1, 0.15) is 26.3 Å². The first-order valence-corrected chi connectivity index (χ1v) is 7.02. The van der Waals surface area contributed by atoms with Crippen LogP contribution in [0.15, 0.2) is 30.3 Å². The lowest BCUT2D eigenvalue weighted by Gasteiger charge is -2.60. The Kier molecular flexibility index (Phi) is 2.90. The van der Waals surface area contributed by atoms with E-state index in [1.807, 2.05) is 36.9 Å². The van der Waals surface area contributed by atoms with Crippen LogP contribution in [0.5, 0.6) is 0 Å². The van der Waals surface area contributed by atoms with E-state index in [0.29, 0.717) is 12.0 Å². The molecule has 1 amide bonds. The van der Waals surface area contributed by atoms with Crippen molar-refractivity contribution in [1.29, 1.82) is 0 Å². The summed E-state index contributed by atoms with van der Waals surface area (Å²) >= 11 is 0. The minimum absolute atomic E-state index is 0.126. The smallest absolute Gasteiger partial charge is 0.230 e. The van der Waals surface area contributed by atoms with E-state index in [0.717, 1.165) is 13.0 Å². The van der Waals surface area contributed by atoms with Gasteiger partial charge in [0, 0.05) is 5.92 Å². The van der Waals surface area contributed by atoms with E-state index in [4.69, 9.17) is 4.74 Å². The molecule has 0 aromatic heterocycles. The van der Waals surface area contributed by atoms with Crippen LogP contribution < -0.4 is 0 Å². The number of ether oxygens (including phenoxy) is 1. The summed E-state index contributed by atoms with van der Waals surface area (Å²) in [6.07, 6.45) is 0.848. The van der Waals surface area contributed by atoms with E-state index in [1.54, 1.807) is 0 Å². The Labute approximate surface area is 114 Å². The lowest BCUT2D eigenvalue weighted by molar-refractivity contribution is -0.247. The Balaban J connectivity index is 1.80. The van der Waals surface area contributed by atoms with Crippen LogP contribution >= 0.6 is 0 Å². The van der Waals surface area contributed by atoms with E-state index in [-0.39, 0.29) is 11.8 Å². The molecular formula is C16H21NO2. The summed E-state index contributed by atoms with van der Waals surface area (Å²) in [5.74, 6) is 0.783. The van der Waals surface area contributed by atoms with Crippen LogP contribution in [0.25, 0.3) is 0 Å². The summed E-state index contributed by atoms with van der Waals surface area (Å²) in [6, 6.07) is 10.6. The van der Waals surface area contributed by atoms with Crippen molar-refractivity contribution in [3.8, 4) is 0 Å². The van der Waals surface area contributed by atoms with Gasteiger partial charge in [0.05, 0.1) is 18.6 Å². The SMILES string of the molecule is CC1COC(C)(C)N2C(=O)[C@@H](Cc3ccccc3)C12. The third-order valence-corrected chi connectivity index (χ3v) is 4.43. The zero-order chi connectivity index (χ0) is 13.6. The highest BCUT2D eigenvalue weighted by Crippen LogP contribution is 2.43. The molecule has 3 heteroatoms. The van der Waals surface area contributed by atoms with Gasteiger partial charge in [-0.1, -0.05) is 37.3 Å². The molecule has 19 heavy (non-hydrogen) atoms. The van der Waals surface area contributed by atoms with Gasteiger partial charge in [-0.05, 0) is 25.8 Å². The fraction of sp³-hybridized carbons (Fsp3) is 0.562. The van der Waals surface area contributed by atoms with Gasteiger partial charge in [-0.3, -0.25) is 4.79 Å². The molecule has 3 rings (SSSR count). The molecule has 0 radical (unpaired) electrons. The van der Waals surface area contributed by atoms with Crippen molar-refractivity contribution >= 4 is 5.91 Å². The topological polar surface area (TPSA) is 29.5 Å². The molecule has 0 spiro atoms. The number of carbonyl (C=O) groups excluding carboxylic acids is 1. The summed E-state index contributed by atoms with van der Waals surface area (Å²) in [5, 5.41) is 0. The van der Waals surface area contributed by atoms with Crippen LogP contribution in [0, 0.1) is 11.8 Å². The van der Waals surface area contributed by atoms with Crippen LogP contribution in [0.2, 0.25) is 0 Å². The second kappa shape index (κ2) is 4.34. The molecule has 2 saturated heterocycles. The number of β-lactam (4-membered cyclic amide) rings is 1. The molecule has 1 aromatic rings. The Hall–Kier alpha value is -1.35. The molecule has 1 aromatic carbocycles. The van der Waals surface area contributed by atoms with Crippen molar-refractivity contribution in [2.45, 2.75) is 39.0 Å². The summed E-state index contributed by atoms with van der Waals surface area (Å²) in [4.78, 5) is 14.3. The lowest BCUT2D eigenvalue weighted by atomic mass is 9.74. The number of hydrogen-bond acceptors (Lipinski definition) is 2. The molecule has 0 N–H and O–H groups in total. The van der Waals surface area contributed by atoms with E-state index in [9.17, 15) is 4.79 Å². The van der Waals surface area contributed by atoms with Crippen LogP contribution in [-0.4, -0.2) is 29.2 Å². The summed E-state index contributed by atoms with van der Waals surface area (Å²) < 4.78 is 5.79. The molecule has 3 nitrogen and oxygen atoms in total. The van der Waals surface area contributed by atoms with Crippen molar-refractivity contribution in [3.05, 3.63) is 35.9 Å². The van der Waals surface area contributed by atoms with Gasteiger partial charge in [0.25, 0.3) is 0 Å². The monoisotopic (exact) mass is 259 g/mol. The normalized spacial score (nSPS) is 32.7. The summed E-state index contributed by atoms with van der Waals surface area (Å²) in [5.41, 5.74) is 0.804. The number of hydrogen-bond donors (Lipinski definition) is 0. The van der Waals surface area contributed by atoms with Crippen molar-refractivity contribution in [2.24, 2.45) is 11.8 Å². The number of fused-ring (bicyclic) bond motifs is 1. The number of nitrogens with zero attached hydrogens (tertiary/aromatic N) is 1. The van der Waals surface area contributed by atoms with Crippen molar-refractivity contribution < 1.29 is 9.53 Å².